The van der Waals surface area contributed by atoms with Crippen molar-refractivity contribution >= 4 is 23.0 Å². The molecule has 0 radical (unpaired) electrons. The van der Waals surface area contributed by atoms with Crippen LogP contribution >= 0.6 is 12.2 Å². The normalized spacial score (nSPS) is 12.5. The van der Waals surface area contributed by atoms with E-state index in [0.717, 1.165) is 36.6 Å². The number of benzene rings is 1. The molecule has 2 N–H and O–H groups in total. The van der Waals surface area contributed by atoms with Gasteiger partial charge in [-0.3, -0.25) is 0 Å². The highest BCUT2D eigenvalue weighted by molar-refractivity contribution is 7.80. The summed E-state index contributed by atoms with van der Waals surface area (Å²) in [7, 11) is 0. The first-order chi connectivity index (χ1) is 11.2. The number of hydrogen-bond acceptors (Lipinski definition) is 5. The van der Waals surface area contributed by atoms with Crippen molar-refractivity contribution in [3.8, 4) is 11.5 Å². The molecule has 0 aromatic heterocycles. The second kappa shape index (κ2) is 9.54. The molecule has 0 atom stereocenters. The van der Waals surface area contributed by atoms with Crippen LogP contribution in [0.2, 0.25) is 0 Å². The molecule has 0 aliphatic carbocycles. The number of ether oxygens (including phenoxy) is 4. The molecule has 0 saturated heterocycles. The van der Waals surface area contributed by atoms with Crippen molar-refractivity contribution in [3.05, 3.63) is 18.2 Å². The van der Waals surface area contributed by atoms with Gasteiger partial charge in [-0.05, 0) is 44.6 Å². The number of rotatable bonds is 9. The monoisotopic (exact) mass is 340 g/mol. The Labute approximate surface area is 142 Å². The lowest BCUT2D eigenvalue weighted by atomic mass is 10.3. The van der Waals surface area contributed by atoms with Gasteiger partial charge in [0.15, 0.2) is 22.9 Å². The molecule has 0 unspecified atom stereocenters. The Bertz CT molecular complexity index is 507. The summed E-state index contributed by atoms with van der Waals surface area (Å²) in [6.07, 6.45) is 1.61. The Morgan fingerprint density at radius 2 is 1.96 bits per heavy atom. The van der Waals surface area contributed by atoms with Crippen molar-refractivity contribution in [2.75, 3.05) is 31.9 Å². The molecule has 1 heterocycles. The van der Waals surface area contributed by atoms with Crippen molar-refractivity contribution in [3.63, 3.8) is 0 Å². The van der Waals surface area contributed by atoms with E-state index in [-0.39, 0.29) is 13.1 Å². The molecule has 0 bridgehead atoms. The fraction of sp³-hybridized carbons (Fsp3) is 0.562. The van der Waals surface area contributed by atoms with Crippen LogP contribution in [0.4, 0.5) is 5.69 Å². The van der Waals surface area contributed by atoms with Gasteiger partial charge in [-0.15, -0.1) is 0 Å². The molecule has 23 heavy (non-hydrogen) atoms. The first-order valence-corrected chi connectivity index (χ1v) is 8.31. The van der Waals surface area contributed by atoms with Gasteiger partial charge in [0.05, 0.1) is 0 Å². The van der Waals surface area contributed by atoms with Crippen molar-refractivity contribution in [1.82, 2.24) is 5.32 Å². The number of thiocarbonyl (C=S) groups is 1. The molecule has 2 rings (SSSR count). The smallest absolute Gasteiger partial charge is 0.231 e. The predicted octanol–water partition coefficient (Wildman–Crippen LogP) is 2.88. The van der Waals surface area contributed by atoms with E-state index in [1.807, 2.05) is 32.0 Å². The van der Waals surface area contributed by atoms with Crippen LogP contribution < -0.4 is 20.1 Å². The van der Waals surface area contributed by atoms with Gasteiger partial charge < -0.3 is 29.6 Å². The molecule has 1 aromatic carbocycles. The van der Waals surface area contributed by atoms with Crippen LogP contribution in [0.15, 0.2) is 18.2 Å². The average molecular weight is 340 g/mol. The molecule has 1 aliphatic rings. The Hall–Kier alpha value is -1.57. The Kier molecular flexibility index (Phi) is 7.38. The zero-order valence-corrected chi connectivity index (χ0v) is 14.4. The summed E-state index contributed by atoms with van der Waals surface area (Å²) < 4.78 is 21.6. The summed E-state index contributed by atoms with van der Waals surface area (Å²) in [5.41, 5.74) is 0.869. The van der Waals surface area contributed by atoms with Crippen molar-refractivity contribution < 1.29 is 18.9 Å². The van der Waals surface area contributed by atoms with Gasteiger partial charge >= 0.3 is 0 Å². The Balaban J connectivity index is 1.67. The molecule has 0 fully saturated rings. The minimum Gasteiger partial charge on any atom is -0.454 e. The molecule has 0 amide bonds. The standard InChI is InChI=1S/C16H24N2O4S/c1-3-19-15(20-4-2)6-5-9-17-16(23)18-12-7-8-13-14(10-12)22-11-21-13/h7-8,10,15H,3-6,9,11H2,1-2H3,(H2,17,18,23). The highest BCUT2D eigenvalue weighted by Gasteiger charge is 2.13. The van der Waals surface area contributed by atoms with E-state index in [4.69, 9.17) is 31.2 Å². The zero-order valence-electron chi connectivity index (χ0n) is 13.6. The lowest BCUT2D eigenvalue weighted by Gasteiger charge is -2.17. The van der Waals surface area contributed by atoms with E-state index in [2.05, 4.69) is 10.6 Å². The van der Waals surface area contributed by atoms with Crippen molar-refractivity contribution in [2.45, 2.75) is 33.0 Å². The van der Waals surface area contributed by atoms with E-state index in [9.17, 15) is 0 Å². The fourth-order valence-electron chi connectivity index (χ4n) is 2.21. The number of anilines is 1. The van der Waals surface area contributed by atoms with Crippen LogP contribution in [0, 0.1) is 0 Å². The summed E-state index contributed by atoms with van der Waals surface area (Å²) in [6.45, 7) is 6.27. The molecule has 0 spiro atoms. The van der Waals surface area contributed by atoms with Gasteiger partial charge in [-0.25, -0.2) is 0 Å². The van der Waals surface area contributed by atoms with Crippen LogP contribution in [-0.4, -0.2) is 38.0 Å². The van der Waals surface area contributed by atoms with E-state index < -0.39 is 0 Å². The maximum absolute atomic E-state index is 5.50. The summed E-state index contributed by atoms with van der Waals surface area (Å²) in [6, 6.07) is 5.64. The third-order valence-corrected chi connectivity index (χ3v) is 3.48. The quantitative estimate of drug-likeness (QED) is 0.407. The highest BCUT2D eigenvalue weighted by Crippen LogP contribution is 2.34. The number of fused-ring (bicyclic) bond motifs is 1. The van der Waals surface area contributed by atoms with Crippen LogP contribution in [0.1, 0.15) is 26.7 Å². The van der Waals surface area contributed by atoms with E-state index >= 15 is 0 Å². The first-order valence-electron chi connectivity index (χ1n) is 7.90. The van der Waals surface area contributed by atoms with Gasteiger partial charge in [0.2, 0.25) is 6.79 Å². The van der Waals surface area contributed by atoms with E-state index in [1.165, 1.54) is 0 Å². The van der Waals surface area contributed by atoms with E-state index in [1.54, 1.807) is 0 Å². The average Bonchev–Trinajstić information content (AvgIpc) is 2.99. The maximum Gasteiger partial charge on any atom is 0.231 e. The SMILES string of the molecule is CCOC(CCCNC(=S)Nc1ccc2c(c1)OCO2)OCC. The summed E-state index contributed by atoms with van der Waals surface area (Å²) in [4.78, 5) is 0. The molecule has 6 nitrogen and oxygen atoms in total. The summed E-state index contributed by atoms with van der Waals surface area (Å²) in [5.74, 6) is 1.49. The van der Waals surface area contributed by atoms with Crippen LogP contribution in [0.5, 0.6) is 11.5 Å². The lowest BCUT2D eigenvalue weighted by molar-refractivity contribution is -0.139. The van der Waals surface area contributed by atoms with Gasteiger partial charge in [0.1, 0.15) is 0 Å². The molecular weight excluding hydrogens is 316 g/mol. The number of hydrogen-bond donors (Lipinski definition) is 2. The lowest BCUT2D eigenvalue weighted by Crippen LogP contribution is -2.30. The summed E-state index contributed by atoms with van der Waals surface area (Å²) >= 11 is 5.29. The predicted molar refractivity (Wildman–Crippen MR) is 93.1 cm³/mol. The molecular formula is C16H24N2O4S. The van der Waals surface area contributed by atoms with Gasteiger partial charge in [0, 0.05) is 37.9 Å². The first kappa shape index (κ1) is 17.8. The molecule has 1 aliphatic heterocycles. The van der Waals surface area contributed by atoms with E-state index in [0.29, 0.717) is 18.3 Å². The minimum atomic E-state index is -0.137. The fourth-order valence-corrected chi connectivity index (χ4v) is 2.43. The Morgan fingerprint density at radius 3 is 2.70 bits per heavy atom. The topological polar surface area (TPSA) is 61.0 Å². The van der Waals surface area contributed by atoms with Crippen LogP contribution in [0.25, 0.3) is 0 Å². The van der Waals surface area contributed by atoms with Gasteiger partial charge in [0.25, 0.3) is 0 Å². The Morgan fingerprint density at radius 1 is 1.22 bits per heavy atom. The minimum absolute atomic E-state index is 0.137. The van der Waals surface area contributed by atoms with Crippen LogP contribution in [0.3, 0.4) is 0 Å². The van der Waals surface area contributed by atoms with Crippen LogP contribution in [-0.2, 0) is 9.47 Å². The zero-order chi connectivity index (χ0) is 16.5. The molecule has 0 saturated carbocycles. The molecule has 1 aromatic rings. The summed E-state index contributed by atoms with van der Waals surface area (Å²) in [5, 5.41) is 6.88. The third kappa shape index (κ3) is 5.85. The number of nitrogens with one attached hydrogen (secondary N) is 2. The molecule has 7 heteroatoms. The maximum atomic E-state index is 5.50. The van der Waals surface area contributed by atoms with Crippen molar-refractivity contribution in [2.24, 2.45) is 0 Å². The van der Waals surface area contributed by atoms with Gasteiger partial charge in [-0.2, -0.15) is 0 Å². The van der Waals surface area contributed by atoms with Crippen molar-refractivity contribution in [1.29, 1.82) is 0 Å². The second-order valence-electron chi connectivity index (χ2n) is 4.93. The highest BCUT2D eigenvalue weighted by atomic mass is 32.1. The third-order valence-electron chi connectivity index (χ3n) is 3.24. The molecule has 128 valence electrons. The van der Waals surface area contributed by atoms with Gasteiger partial charge in [-0.1, -0.05) is 0 Å². The second-order valence-corrected chi connectivity index (χ2v) is 5.34. The largest absolute Gasteiger partial charge is 0.454 e.